The van der Waals surface area contributed by atoms with Gasteiger partial charge in [-0.1, -0.05) is 26.0 Å². The van der Waals surface area contributed by atoms with Gasteiger partial charge in [0, 0.05) is 25.2 Å². The summed E-state index contributed by atoms with van der Waals surface area (Å²) in [6, 6.07) is 7.93. The van der Waals surface area contributed by atoms with Gasteiger partial charge in [-0.25, -0.2) is 0 Å². The summed E-state index contributed by atoms with van der Waals surface area (Å²) in [5, 5.41) is 4.08. The van der Waals surface area contributed by atoms with Gasteiger partial charge in [0.05, 0.1) is 0 Å². The first-order valence-corrected chi connectivity index (χ1v) is 6.32. The highest BCUT2D eigenvalue weighted by Gasteiger charge is 1.86. The van der Waals surface area contributed by atoms with Gasteiger partial charge in [0.15, 0.2) is 0 Å². The molecule has 0 saturated heterocycles. The van der Waals surface area contributed by atoms with Crippen molar-refractivity contribution in [2.45, 2.75) is 26.7 Å². The Labute approximate surface area is 101 Å². The third kappa shape index (κ3) is 10.7. The molecule has 0 aliphatic heterocycles. The summed E-state index contributed by atoms with van der Waals surface area (Å²) in [5.74, 6) is 0.343. The third-order valence-electron chi connectivity index (χ3n) is 1.71. The molecule has 0 fully saturated rings. The summed E-state index contributed by atoms with van der Waals surface area (Å²) < 4.78 is 0. The molecule has 2 nitrogen and oxygen atoms in total. The fourth-order valence-corrected chi connectivity index (χ4v) is 1.21. The van der Waals surface area contributed by atoms with E-state index in [2.05, 4.69) is 4.98 Å². The van der Waals surface area contributed by atoms with E-state index in [0.717, 1.165) is 0 Å². The van der Waals surface area contributed by atoms with Gasteiger partial charge in [-0.15, -0.1) is 0 Å². The maximum absolute atomic E-state index is 10.2. The minimum Gasteiger partial charge on any atom is -0.368 e. The Hall–Kier alpha value is -1.35. The second-order valence-electron chi connectivity index (χ2n) is 2.92. The van der Waals surface area contributed by atoms with Gasteiger partial charge in [0.2, 0.25) is 0 Å². The minimum atomic E-state index is 0.343. The van der Waals surface area contributed by atoms with Crippen LogP contribution in [0, 0.1) is 0 Å². The largest absolute Gasteiger partial charge is 0.368 e. The topological polar surface area (TPSA) is 32.9 Å². The number of thiophene rings is 1. The highest BCUT2D eigenvalue weighted by atomic mass is 32.1. The van der Waals surface area contributed by atoms with E-state index in [1.165, 1.54) is 0 Å². The molecule has 88 valence electrons. The van der Waals surface area contributed by atoms with E-state index in [-0.39, 0.29) is 0 Å². The number of aromatic nitrogens is 1. The molecule has 0 atom stereocenters. The van der Waals surface area contributed by atoms with Crippen molar-refractivity contribution in [3.05, 3.63) is 47.4 Å². The van der Waals surface area contributed by atoms with Gasteiger partial charge >= 0.3 is 0 Å². The minimum absolute atomic E-state index is 0.343. The number of carbonyl (C=O) groups is 1. The molecule has 0 aliphatic carbocycles. The average molecular weight is 237 g/mol. The van der Waals surface area contributed by atoms with Crippen LogP contribution in [0.25, 0.3) is 0 Å². The van der Waals surface area contributed by atoms with Crippen LogP contribution >= 0.6 is 11.3 Å². The van der Waals surface area contributed by atoms with Crippen LogP contribution < -0.4 is 0 Å². The lowest BCUT2D eigenvalue weighted by atomic mass is 10.3. The van der Waals surface area contributed by atoms with Crippen LogP contribution in [0.15, 0.2) is 47.4 Å². The van der Waals surface area contributed by atoms with E-state index >= 15 is 0 Å². The predicted molar refractivity (Wildman–Crippen MR) is 70.7 cm³/mol. The zero-order valence-electron chi connectivity index (χ0n) is 9.85. The Morgan fingerprint density at radius 1 is 1.00 bits per heavy atom. The first-order valence-electron chi connectivity index (χ1n) is 5.37. The summed E-state index contributed by atoms with van der Waals surface area (Å²) in [4.78, 5) is 13.0. The highest BCUT2D eigenvalue weighted by Crippen LogP contribution is 1.91. The summed E-state index contributed by atoms with van der Waals surface area (Å²) in [7, 11) is 0. The molecule has 0 spiro atoms. The number of H-pyrrole nitrogens is 1. The number of aromatic amines is 1. The van der Waals surface area contributed by atoms with E-state index in [1.807, 2.05) is 61.3 Å². The van der Waals surface area contributed by atoms with Crippen LogP contribution in [-0.2, 0) is 4.79 Å². The summed E-state index contributed by atoms with van der Waals surface area (Å²) in [6.45, 7) is 3.76. The number of hydrogen-bond acceptors (Lipinski definition) is 2. The lowest BCUT2D eigenvalue weighted by molar-refractivity contribution is -0.118. The van der Waals surface area contributed by atoms with Crippen molar-refractivity contribution in [3.63, 3.8) is 0 Å². The van der Waals surface area contributed by atoms with Crippen LogP contribution in [0.1, 0.15) is 26.7 Å². The fraction of sp³-hybridized carbons (Fsp3) is 0.308. The molecule has 1 N–H and O–H groups in total. The molecule has 3 heteroatoms. The summed E-state index contributed by atoms with van der Waals surface area (Å²) in [5.41, 5.74) is 0. The van der Waals surface area contributed by atoms with Crippen molar-refractivity contribution in [2.24, 2.45) is 0 Å². The number of carbonyl (C=O) groups excluding carboxylic acids is 1. The smallest absolute Gasteiger partial charge is 0.132 e. The first kappa shape index (κ1) is 14.6. The van der Waals surface area contributed by atoms with Crippen molar-refractivity contribution in [1.82, 2.24) is 4.98 Å². The van der Waals surface area contributed by atoms with Crippen molar-refractivity contribution in [3.8, 4) is 0 Å². The van der Waals surface area contributed by atoms with Gasteiger partial charge in [0.25, 0.3) is 0 Å². The van der Waals surface area contributed by atoms with E-state index in [0.29, 0.717) is 18.6 Å². The molecule has 0 bridgehead atoms. The molecule has 0 saturated carbocycles. The molecule has 2 heterocycles. The quantitative estimate of drug-likeness (QED) is 0.836. The molecular weight excluding hydrogens is 218 g/mol. The van der Waals surface area contributed by atoms with Crippen LogP contribution in [0.4, 0.5) is 0 Å². The van der Waals surface area contributed by atoms with Gasteiger partial charge in [-0.2, -0.15) is 11.3 Å². The number of rotatable bonds is 2. The molecule has 0 aromatic carbocycles. The molecule has 2 aromatic rings. The van der Waals surface area contributed by atoms with Crippen molar-refractivity contribution in [1.29, 1.82) is 0 Å². The van der Waals surface area contributed by atoms with E-state index in [4.69, 9.17) is 0 Å². The Kier molecular flexibility index (Phi) is 10.7. The summed E-state index contributed by atoms with van der Waals surface area (Å²) in [6.07, 6.45) is 5.13. The molecular formula is C13H19NOS. The fourth-order valence-electron chi connectivity index (χ4n) is 0.755. The molecule has 0 unspecified atom stereocenters. The molecule has 0 aliphatic rings. The second-order valence-corrected chi connectivity index (χ2v) is 3.74. The van der Waals surface area contributed by atoms with Crippen molar-refractivity contribution < 1.29 is 4.79 Å². The normalized spacial score (nSPS) is 8.12. The number of nitrogens with one attached hydrogen (secondary N) is 1. The van der Waals surface area contributed by atoms with Gasteiger partial charge < -0.3 is 4.98 Å². The van der Waals surface area contributed by atoms with E-state index < -0.39 is 0 Å². The maximum Gasteiger partial charge on any atom is 0.132 e. The molecule has 2 aromatic heterocycles. The number of ketones is 1. The third-order valence-corrected chi connectivity index (χ3v) is 2.34. The molecule has 2 rings (SSSR count). The first-order chi connectivity index (χ1) is 7.81. The average Bonchev–Trinajstić information content (AvgIpc) is 3.03. The maximum atomic E-state index is 10.2. The highest BCUT2D eigenvalue weighted by molar-refractivity contribution is 7.07. The van der Waals surface area contributed by atoms with Gasteiger partial charge in [0.1, 0.15) is 5.78 Å². The molecule has 0 amide bonds. The standard InChI is InChI=1S/C5H10O.C4H5N.C4H4S/c1-3-5(6)4-2;2*1-2-4-5-3-1/h3-4H2,1-2H3;1-5H;1-4H. The van der Waals surface area contributed by atoms with Gasteiger partial charge in [-0.3, -0.25) is 4.79 Å². The van der Waals surface area contributed by atoms with E-state index in [1.54, 1.807) is 11.3 Å². The Bertz CT molecular complexity index is 247. The Morgan fingerprint density at radius 3 is 1.62 bits per heavy atom. The van der Waals surface area contributed by atoms with E-state index in [9.17, 15) is 4.79 Å². The lowest BCUT2D eigenvalue weighted by Gasteiger charge is -1.81. The van der Waals surface area contributed by atoms with Crippen molar-refractivity contribution in [2.75, 3.05) is 0 Å². The van der Waals surface area contributed by atoms with Crippen LogP contribution in [0.5, 0.6) is 0 Å². The summed E-state index contributed by atoms with van der Waals surface area (Å²) >= 11 is 1.71. The molecule has 16 heavy (non-hydrogen) atoms. The van der Waals surface area contributed by atoms with Crippen LogP contribution in [0.3, 0.4) is 0 Å². The predicted octanol–water partition coefficient (Wildman–Crippen LogP) is 4.14. The Balaban J connectivity index is 0.000000211. The SMILES string of the molecule is CCC(=O)CC.c1cc[nH]c1.c1ccsc1. The molecule has 0 radical (unpaired) electrons. The van der Waals surface area contributed by atoms with Crippen LogP contribution in [-0.4, -0.2) is 10.8 Å². The van der Waals surface area contributed by atoms with Gasteiger partial charge in [-0.05, 0) is 22.9 Å². The lowest BCUT2D eigenvalue weighted by Crippen LogP contribution is -1.88. The Morgan fingerprint density at radius 2 is 1.50 bits per heavy atom. The zero-order valence-corrected chi connectivity index (χ0v) is 10.7. The zero-order chi connectivity index (χ0) is 12.1. The number of hydrogen-bond donors (Lipinski definition) is 1. The van der Waals surface area contributed by atoms with Crippen molar-refractivity contribution >= 4 is 17.1 Å². The second kappa shape index (κ2) is 11.7. The monoisotopic (exact) mass is 237 g/mol. The number of Topliss-reactive ketones (excluding diaryl/α,β-unsaturated/α-hetero) is 1. The van der Waals surface area contributed by atoms with Crippen LogP contribution in [0.2, 0.25) is 0 Å².